The van der Waals surface area contributed by atoms with Gasteiger partial charge in [0.15, 0.2) is 0 Å². The Labute approximate surface area is 107 Å². The van der Waals surface area contributed by atoms with Gasteiger partial charge in [-0.2, -0.15) is 5.26 Å². The molecule has 0 aliphatic heterocycles. The van der Waals surface area contributed by atoms with Crippen molar-refractivity contribution < 1.29 is 9.90 Å². The van der Waals surface area contributed by atoms with Gasteiger partial charge in [0, 0.05) is 20.0 Å². The first kappa shape index (κ1) is 14.2. The van der Waals surface area contributed by atoms with Crippen molar-refractivity contribution in [3.63, 3.8) is 0 Å². The van der Waals surface area contributed by atoms with Crippen LogP contribution in [0.1, 0.15) is 30.9 Å². The second-order valence-corrected chi connectivity index (χ2v) is 4.45. The molecule has 1 atom stereocenters. The highest BCUT2D eigenvalue weighted by Gasteiger charge is 2.10. The SMILES string of the molecule is CC(O)CCC(=O)N(C)Cc1cccc(C#N)c1. The minimum absolute atomic E-state index is 0.00161. The summed E-state index contributed by atoms with van der Waals surface area (Å²) in [6.45, 7) is 2.15. The van der Waals surface area contributed by atoms with Crippen molar-refractivity contribution in [3.05, 3.63) is 35.4 Å². The van der Waals surface area contributed by atoms with Crippen molar-refractivity contribution in [3.8, 4) is 6.07 Å². The molecular formula is C14H18N2O2. The predicted octanol–water partition coefficient (Wildman–Crippen LogP) is 1.68. The van der Waals surface area contributed by atoms with Crippen LogP contribution in [-0.4, -0.2) is 29.1 Å². The molecule has 0 aliphatic rings. The number of hydrogen-bond acceptors (Lipinski definition) is 3. The van der Waals surface area contributed by atoms with Gasteiger partial charge in [-0.15, -0.1) is 0 Å². The van der Waals surface area contributed by atoms with Gasteiger partial charge in [0.1, 0.15) is 0 Å². The van der Waals surface area contributed by atoms with E-state index in [2.05, 4.69) is 6.07 Å². The zero-order valence-electron chi connectivity index (χ0n) is 10.8. The highest BCUT2D eigenvalue weighted by molar-refractivity contribution is 5.75. The van der Waals surface area contributed by atoms with Crippen LogP contribution in [-0.2, 0) is 11.3 Å². The monoisotopic (exact) mass is 246 g/mol. The molecule has 0 aromatic heterocycles. The Balaban J connectivity index is 2.55. The minimum atomic E-state index is -0.454. The standard InChI is InChI=1S/C14H18N2O2/c1-11(17)6-7-14(18)16(2)10-13-5-3-4-12(8-13)9-15/h3-5,8,11,17H,6-7,10H2,1-2H3. The summed E-state index contributed by atoms with van der Waals surface area (Å²) < 4.78 is 0. The first-order valence-electron chi connectivity index (χ1n) is 5.94. The molecule has 1 aromatic carbocycles. The lowest BCUT2D eigenvalue weighted by atomic mass is 10.1. The second kappa shape index (κ2) is 6.77. The molecular weight excluding hydrogens is 228 g/mol. The average Bonchev–Trinajstić information content (AvgIpc) is 2.36. The molecule has 18 heavy (non-hydrogen) atoms. The Morgan fingerprint density at radius 3 is 2.89 bits per heavy atom. The van der Waals surface area contributed by atoms with Crippen LogP contribution < -0.4 is 0 Å². The van der Waals surface area contributed by atoms with Crippen molar-refractivity contribution in [2.75, 3.05) is 7.05 Å². The van der Waals surface area contributed by atoms with Gasteiger partial charge in [-0.3, -0.25) is 4.79 Å². The molecule has 0 saturated carbocycles. The summed E-state index contributed by atoms with van der Waals surface area (Å²) in [4.78, 5) is 13.4. The van der Waals surface area contributed by atoms with E-state index in [1.165, 1.54) is 0 Å². The number of rotatable bonds is 5. The van der Waals surface area contributed by atoms with E-state index >= 15 is 0 Å². The molecule has 0 fully saturated rings. The second-order valence-electron chi connectivity index (χ2n) is 4.45. The molecule has 1 amide bonds. The molecule has 0 heterocycles. The predicted molar refractivity (Wildman–Crippen MR) is 68.5 cm³/mol. The molecule has 4 heteroatoms. The van der Waals surface area contributed by atoms with Crippen molar-refractivity contribution in [2.24, 2.45) is 0 Å². The van der Waals surface area contributed by atoms with Gasteiger partial charge in [0.25, 0.3) is 0 Å². The maximum absolute atomic E-state index is 11.8. The average molecular weight is 246 g/mol. The Morgan fingerprint density at radius 1 is 1.56 bits per heavy atom. The number of benzene rings is 1. The lowest BCUT2D eigenvalue weighted by Crippen LogP contribution is -2.26. The number of amides is 1. The molecule has 96 valence electrons. The van der Waals surface area contributed by atoms with Crippen LogP contribution in [0.25, 0.3) is 0 Å². The van der Waals surface area contributed by atoms with E-state index in [0.717, 1.165) is 5.56 Å². The van der Waals surface area contributed by atoms with Crippen LogP contribution in [0.5, 0.6) is 0 Å². The normalized spacial score (nSPS) is 11.7. The smallest absolute Gasteiger partial charge is 0.222 e. The van der Waals surface area contributed by atoms with E-state index in [9.17, 15) is 4.79 Å². The number of nitrogens with zero attached hydrogens (tertiary/aromatic N) is 2. The summed E-state index contributed by atoms with van der Waals surface area (Å²) >= 11 is 0. The third-order valence-electron chi connectivity index (χ3n) is 2.68. The van der Waals surface area contributed by atoms with E-state index in [0.29, 0.717) is 24.9 Å². The van der Waals surface area contributed by atoms with Crippen molar-refractivity contribution in [2.45, 2.75) is 32.4 Å². The van der Waals surface area contributed by atoms with Crippen LogP contribution in [0.15, 0.2) is 24.3 Å². The Morgan fingerprint density at radius 2 is 2.28 bits per heavy atom. The number of aliphatic hydroxyl groups excluding tert-OH is 1. The van der Waals surface area contributed by atoms with E-state index in [1.807, 2.05) is 12.1 Å². The van der Waals surface area contributed by atoms with Crippen LogP contribution in [0.2, 0.25) is 0 Å². The molecule has 4 nitrogen and oxygen atoms in total. The third kappa shape index (κ3) is 4.56. The van der Waals surface area contributed by atoms with Gasteiger partial charge in [-0.25, -0.2) is 0 Å². The van der Waals surface area contributed by atoms with Crippen molar-refractivity contribution in [1.82, 2.24) is 4.90 Å². The number of hydrogen-bond donors (Lipinski definition) is 1. The number of carbonyl (C=O) groups excluding carboxylic acids is 1. The zero-order chi connectivity index (χ0) is 13.5. The Kier molecular flexibility index (Phi) is 5.34. The van der Waals surface area contributed by atoms with Crippen molar-refractivity contribution >= 4 is 5.91 Å². The van der Waals surface area contributed by atoms with E-state index < -0.39 is 6.10 Å². The fourth-order valence-electron chi connectivity index (χ4n) is 1.62. The molecule has 0 spiro atoms. The fraction of sp³-hybridized carbons (Fsp3) is 0.429. The third-order valence-corrected chi connectivity index (χ3v) is 2.68. The lowest BCUT2D eigenvalue weighted by Gasteiger charge is -2.17. The highest BCUT2D eigenvalue weighted by atomic mass is 16.3. The first-order valence-corrected chi connectivity index (χ1v) is 5.94. The molecule has 0 radical (unpaired) electrons. The van der Waals surface area contributed by atoms with Gasteiger partial charge < -0.3 is 10.0 Å². The fourth-order valence-corrected chi connectivity index (χ4v) is 1.62. The summed E-state index contributed by atoms with van der Waals surface area (Å²) in [6, 6.07) is 9.28. The highest BCUT2D eigenvalue weighted by Crippen LogP contribution is 2.08. The van der Waals surface area contributed by atoms with E-state index in [-0.39, 0.29) is 5.91 Å². The van der Waals surface area contributed by atoms with Gasteiger partial charge in [-0.05, 0) is 31.0 Å². The Bertz CT molecular complexity index is 449. The topological polar surface area (TPSA) is 64.3 Å². The molecule has 0 bridgehead atoms. The molecule has 1 unspecified atom stereocenters. The first-order chi connectivity index (χ1) is 8.52. The number of aliphatic hydroxyl groups is 1. The summed E-state index contributed by atoms with van der Waals surface area (Å²) in [7, 11) is 1.73. The van der Waals surface area contributed by atoms with Crippen LogP contribution in [0.3, 0.4) is 0 Å². The van der Waals surface area contributed by atoms with Crippen LogP contribution >= 0.6 is 0 Å². The zero-order valence-corrected chi connectivity index (χ0v) is 10.8. The molecule has 1 rings (SSSR count). The van der Waals surface area contributed by atoms with Gasteiger partial charge in [-0.1, -0.05) is 12.1 Å². The minimum Gasteiger partial charge on any atom is -0.393 e. The molecule has 0 aliphatic carbocycles. The summed E-state index contributed by atoms with van der Waals surface area (Å²) in [5.41, 5.74) is 1.53. The summed E-state index contributed by atoms with van der Waals surface area (Å²) in [5, 5.41) is 17.9. The Hall–Kier alpha value is -1.86. The lowest BCUT2D eigenvalue weighted by molar-refractivity contribution is -0.131. The van der Waals surface area contributed by atoms with Gasteiger partial charge in [0.2, 0.25) is 5.91 Å². The molecule has 1 N–H and O–H groups in total. The maximum Gasteiger partial charge on any atom is 0.222 e. The number of carbonyl (C=O) groups is 1. The van der Waals surface area contributed by atoms with Crippen LogP contribution in [0.4, 0.5) is 0 Å². The molecule has 0 saturated heterocycles. The summed E-state index contributed by atoms with van der Waals surface area (Å²) in [5.74, 6) is -0.00161. The quantitative estimate of drug-likeness (QED) is 0.859. The van der Waals surface area contributed by atoms with E-state index in [1.54, 1.807) is 31.0 Å². The van der Waals surface area contributed by atoms with Gasteiger partial charge >= 0.3 is 0 Å². The van der Waals surface area contributed by atoms with Crippen molar-refractivity contribution in [1.29, 1.82) is 5.26 Å². The largest absolute Gasteiger partial charge is 0.393 e. The summed E-state index contributed by atoms with van der Waals surface area (Å²) in [6.07, 6.45) is 0.359. The van der Waals surface area contributed by atoms with Crippen LogP contribution in [0, 0.1) is 11.3 Å². The molecule has 1 aromatic rings. The maximum atomic E-state index is 11.8. The van der Waals surface area contributed by atoms with Gasteiger partial charge in [0.05, 0.1) is 17.7 Å². The number of nitriles is 1. The van der Waals surface area contributed by atoms with E-state index in [4.69, 9.17) is 10.4 Å².